The Hall–Kier alpha value is -3.35. The molecule has 0 fully saturated rings. The van der Waals surface area contributed by atoms with Crippen LogP contribution in [0.25, 0.3) is 33.5 Å². The standard InChI is InChI=1S/C16H14N6O/c1-23-11-2-3-13-14(5-11)22-16(21-13)12-4-9(6-18-15(12)17)10-7-19-20-8-10/h2-8H,1H3,(H2,17,18)(H,19,20)(H,21,22). The quantitative estimate of drug-likeness (QED) is 0.539. The molecule has 0 aliphatic heterocycles. The topological polar surface area (TPSA) is 106 Å². The molecule has 7 heteroatoms. The third kappa shape index (κ3) is 2.28. The van der Waals surface area contributed by atoms with Crippen LogP contribution >= 0.6 is 0 Å². The van der Waals surface area contributed by atoms with Crippen molar-refractivity contribution in [3.8, 4) is 28.3 Å². The number of aromatic amines is 2. The van der Waals surface area contributed by atoms with Crippen LogP contribution in [0.3, 0.4) is 0 Å². The molecule has 0 aliphatic carbocycles. The Morgan fingerprint density at radius 1 is 1.13 bits per heavy atom. The van der Waals surface area contributed by atoms with Gasteiger partial charge in [0.15, 0.2) is 0 Å². The molecular weight excluding hydrogens is 292 g/mol. The van der Waals surface area contributed by atoms with Crippen LogP contribution in [-0.4, -0.2) is 32.3 Å². The van der Waals surface area contributed by atoms with Crippen molar-refractivity contribution in [1.29, 1.82) is 0 Å². The number of pyridine rings is 1. The highest BCUT2D eigenvalue weighted by atomic mass is 16.5. The first-order valence-corrected chi connectivity index (χ1v) is 7.03. The number of benzene rings is 1. The summed E-state index contributed by atoms with van der Waals surface area (Å²) in [5.74, 6) is 1.86. The van der Waals surface area contributed by atoms with Crippen molar-refractivity contribution < 1.29 is 4.74 Å². The van der Waals surface area contributed by atoms with Gasteiger partial charge in [-0.3, -0.25) is 5.10 Å². The maximum atomic E-state index is 6.03. The summed E-state index contributed by atoms with van der Waals surface area (Å²) in [7, 11) is 1.63. The van der Waals surface area contributed by atoms with Gasteiger partial charge in [-0.1, -0.05) is 0 Å². The number of imidazole rings is 1. The third-order valence-electron chi connectivity index (χ3n) is 3.69. The van der Waals surface area contributed by atoms with Crippen molar-refractivity contribution in [2.45, 2.75) is 0 Å². The minimum Gasteiger partial charge on any atom is -0.497 e. The van der Waals surface area contributed by atoms with E-state index in [4.69, 9.17) is 10.5 Å². The molecule has 1 aromatic carbocycles. The zero-order valence-corrected chi connectivity index (χ0v) is 12.4. The number of anilines is 1. The average Bonchev–Trinajstić information content (AvgIpc) is 3.24. The number of ether oxygens (including phenoxy) is 1. The van der Waals surface area contributed by atoms with Gasteiger partial charge in [0.05, 0.1) is 29.9 Å². The van der Waals surface area contributed by atoms with E-state index < -0.39 is 0 Å². The van der Waals surface area contributed by atoms with E-state index in [1.54, 1.807) is 25.7 Å². The molecule has 0 spiro atoms. The molecule has 23 heavy (non-hydrogen) atoms. The Balaban J connectivity index is 1.85. The Labute approximate surface area is 131 Å². The Bertz CT molecular complexity index is 974. The van der Waals surface area contributed by atoms with Crippen LogP contribution in [0.15, 0.2) is 42.9 Å². The summed E-state index contributed by atoms with van der Waals surface area (Å²) in [6.07, 6.45) is 5.26. The van der Waals surface area contributed by atoms with E-state index in [1.165, 1.54) is 0 Å². The van der Waals surface area contributed by atoms with E-state index in [0.717, 1.165) is 33.5 Å². The van der Waals surface area contributed by atoms with Crippen LogP contribution in [0.2, 0.25) is 0 Å². The zero-order chi connectivity index (χ0) is 15.8. The summed E-state index contributed by atoms with van der Waals surface area (Å²) >= 11 is 0. The third-order valence-corrected chi connectivity index (χ3v) is 3.69. The van der Waals surface area contributed by atoms with Crippen LogP contribution < -0.4 is 10.5 Å². The number of fused-ring (bicyclic) bond motifs is 1. The van der Waals surface area contributed by atoms with Gasteiger partial charge in [-0.2, -0.15) is 5.10 Å². The molecule has 3 aromatic heterocycles. The molecule has 0 atom stereocenters. The molecule has 0 aliphatic rings. The lowest BCUT2D eigenvalue weighted by molar-refractivity contribution is 0.415. The van der Waals surface area contributed by atoms with Crippen molar-refractivity contribution in [2.24, 2.45) is 0 Å². The van der Waals surface area contributed by atoms with E-state index in [9.17, 15) is 0 Å². The van der Waals surface area contributed by atoms with Crippen molar-refractivity contribution >= 4 is 16.9 Å². The maximum absolute atomic E-state index is 6.03. The summed E-state index contributed by atoms with van der Waals surface area (Å²) in [4.78, 5) is 12.1. The highest BCUT2D eigenvalue weighted by Crippen LogP contribution is 2.29. The number of hydrogen-bond acceptors (Lipinski definition) is 5. The summed E-state index contributed by atoms with van der Waals surface area (Å²) in [6.45, 7) is 0. The lowest BCUT2D eigenvalue weighted by atomic mass is 10.1. The molecule has 0 saturated carbocycles. The second kappa shape index (κ2) is 5.13. The fraction of sp³-hybridized carbons (Fsp3) is 0.0625. The smallest absolute Gasteiger partial charge is 0.142 e. The first-order chi connectivity index (χ1) is 11.2. The van der Waals surface area contributed by atoms with Gasteiger partial charge in [0.2, 0.25) is 0 Å². The van der Waals surface area contributed by atoms with Crippen LogP contribution in [0.4, 0.5) is 5.82 Å². The fourth-order valence-corrected chi connectivity index (χ4v) is 2.47. The van der Waals surface area contributed by atoms with E-state index in [-0.39, 0.29) is 0 Å². The second-order valence-electron chi connectivity index (χ2n) is 5.11. The number of aromatic nitrogens is 5. The minimum absolute atomic E-state index is 0.420. The lowest BCUT2D eigenvalue weighted by Gasteiger charge is -2.04. The van der Waals surface area contributed by atoms with E-state index in [0.29, 0.717) is 11.6 Å². The van der Waals surface area contributed by atoms with Gasteiger partial charge in [-0.25, -0.2) is 9.97 Å². The van der Waals surface area contributed by atoms with Crippen LogP contribution in [0.1, 0.15) is 0 Å². The van der Waals surface area contributed by atoms with Crippen LogP contribution in [0.5, 0.6) is 5.75 Å². The number of rotatable bonds is 3. The van der Waals surface area contributed by atoms with Gasteiger partial charge in [-0.15, -0.1) is 0 Å². The van der Waals surface area contributed by atoms with Crippen LogP contribution in [-0.2, 0) is 0 Å². The Morgan fingerprint density at radius 3 is 2.83 bits per heavy atom. The summed E-state index contributed by atoms with van der Waals surface area (Å²) in [5.41, 5.74) is 10.4. The molecule has 114 valence electrons. The Kier molecular flexibility index (Phi) is 2.97. The van der Waals surface area contributed by atoms with E-state index >= 15 is 0 Å². The van der Waals surface area contributed by atoms with Crippen LogP contribution in [0, 0.1) is 0 Å². The van der Waals surface area contributed by atoms with Gasteiger partial charge in [0, 0.05) is 29.6 Å². The second-order valence-corrected chi connectivity index (χ2v) is 5.11. The molecule has 0 unspecified atom stereocenters. The number of methoxy groups -OCH3 is 1. The Morgan fingerprint density at radius 2 is 2.04 bits per heavy atom. The minimum atomic E-state index is 0.420. The maximum Gasteiger partial charge on any atom is 0.142 e. The first kappa shape index (κ1) is 13.3. The molecule has 4 rings (SSSR count). The first-order valence-electron chi connectivity index (χ1n) is 7.03. The van der Waals surface area contributed by atoms with Crippen molar-refractivity contribution in [1.82, 2.24) is 25.1 Å². The fourth-order valence-electron chi connectivity index (χ4n) is 2.47. The number of nitrogens with two attached hydrogens (primary N) is 1. The van der Waals surface area contributed by atoms with Crippen molar-refractivity contribution in [2.75, 3.05) is 12.8 Å². The predicted molar refractivity (Wildman–Crippen MR) is 87.9 cm³/mol. The molecule has 4 aromatic rings. The predicted octanol–water partition coefficient (Wildman–Crippen LogP) is 2.61. The molecule has 7 nitrogen and oxygen atoms in total. The molecule has 0 amide bonds. The highest BCUT2D eigenvalue weighted by molar-refractivity contribution is 5.84. The number of hydrogen-bond donors (Lipinski definition) is 3. The number of nitrogen functional groups attached to an aromatic ring is 1. The molecule has 3 heterocycles. The van der Waals surface area contributed by atoms with E-state index in [2.05, 4.69) is 25.1 Å². The van der Waals surface area contributed by atoms with Crippen molar-refractivity contribution in [3.05, 3.63) is 42.9 Å². The molecule has 4 N–H and O–H groups in total. The molecule has 0 saturated heterocycles. The van der Waals surface area contributed by atoms with Gasteiger partial charge in [-0.05, 0) is 18.2 Å². The van der Waals surface area contributed by atoms with E-state index in [1.807, 2.05) is 24.3 Å². The number of nitrogens with one attached hydrogen (secondary N) is 2. The highest BCUT2D eigenvalue weighted by Gasteiger charge is 2.12. The lowest BCUT2D eigenvalue weighted by Crippen LogP contribution is -1.95. The number of H-pyrrole nitrogens is 2. The summed E-state index contributed by atoms with van der Waals surface area (Å²) in [6, 6.07) is 7.62. The SMILES string of the molecule is COc1ccc2nc(-c3cc(-c4cn[nH]c4)cnc3N)[nH]c2c1. The molecule has 0 bridgehead atoms. The molecule has 0 radical (unpaired) electrons. The summed E-state index contributed by atoms with van der Waals surface area (Å²) in [5, 5.41) is 6.75. The van der Waals surface area contributed by atoms with Gasteiger partial charge >= 0.3 is 0 Å². The van der Waals surface area contributed by atoms with Gasteiger partial charge < -0.3 is 15.5 Å². The van der Waals surface area contributed by atoms with Crippen molar-refractivity contribution in [3.63, 3.8) is 0 Å². The largest absolute Gasteiger partial charge is 0.497 e. The monoisotopic (exact) mass is 306 g/mol. The summed E-state index contributed by atoms with van der Waals surface area (Å²) < 4.78 is 5.23. The van der Waals surface area contributed by atoms with Gasteiger partial charge in [0.25, 0.3) is 0 Å². The average molecular weight is 306 g/mol. The normalized spacial score (nSPS) is 11.0. The van der Waals surface area contributed by atoms with Gasteiger partial charge in [0.1, 0.15) is 17.4 Å². The number of nitrogens with zero attached hydrogens (tertiary/aromatic N) is 3. The molecular formula is C16H14N6O. The zero-order valence-electron chi connectivity index (χ0n) is 12.4.